The minimum absolute atomic E-state index is 0.199. The summed E-state index contributed by atoms with van der Waals surface area (Å²) in [6.07, 6.45) is 1.29. The van der Waals surface area contributed by atoms with Crippen LogP contribution in [0.2, 0.25) is 0 Å². The largest absolute Gasteiger partial charge is 0.481 e. The van der Waals surface area contributed by atoms with Gasteiger partial charge in [-0.1, -0.05) is 13.8 Å². The zero-order valence-corrected chi connectivity index (χ0v) is 11.0. The molecule has 0 radical (unpaired) electrons. The Morgan fingerprint density at radius 3 is 2.47 bits per heavy atom. The van der Waals surface area contributed by atoms with Crippen molar-refractivity contribution in [1.82, 2.24) is 15.5 Å². The summed E-state index contributed by atoms with van der Waals surface area (Å²) >= 11 is 0. The lowest BCUT2D eigenvalue weighted by atomic mass is 9.88. The van der Waals surface area contributed by atoms with E-state index in [9.17, 15) is 4.79 Å². The Labute approximate surface area is 104 Å². The number of hydrogen-bond acceptors (Lipinski definition) is 4. The normalized spacial score (nSPS) is 18.1. The van der Waals surface area contributed by atoms with Crippen molar-refractivity contribution in [2.75, 3.05) is 39.3 Å². The van der Waals surface area contributed by atoms with Gasteiger partial charge in [0.05, 0.1) is 12.0 Å². The maximum absolute atomic E-state index is 10.8. The van der Waals surface area contributed by atoms with Gasteiger partial charge in [-0.3, -0.25) is 4.79 Å². The highest BCUT2D eigenvalue weighted by atomic mass is 16.4. The van der Waals surface area contributed by atoms with Crippen LogP contribution in [0.3, 0.4) is 0 Å². The van der Waals surface area contributed by atoms with Gasteiger partial charge in [0, 0.05) is 13.1 Å². The van der Waals surface area contributed by atoms with Gasteiger partial charge in [0.25, 0.3) is 0 Å². The fourth-order valence-electron chi connectivity index (χ4n) is 2.22. The summed E-state index contributed by atoms with van der Waals surface area (Å²) in [6, 6.07) is 0. The number of hydrogen-bond donors (Lipinski definition) is 3. The third kappa shape index (κ3) is 4.61. The average molecular weight is 243 g/mol. The van der Waals surface area contributed by atoms with Crippen molar-refractivity contribution in [1.29, 1.82) is 0 Å². The molecule has 0 spiro atoms. The topological polar surface area (TPSA) is 64.6 Å². The molecule has 5 nitrogen and oxygen atoms in total. The molecule has 3 N–H and O–H groups in total. The highest BCUT2D eigenvalue weighted by molar-refractivity contribution is 5.68. The van der Waals surface area contributed by atoms with Crippen LogP contribution in [0, 0.1) is 0 Å². The maximum atomic E-state index is 10.8. The fourth-order valence-corrected chi connectivity index (χ4v) is 2.22. The summed E-state index contributed by atoms with van der Waals surface area (Å²) in [7, 11) is 0. The van der Waals surface area contributed by atoms with E-state index in [1.807, 2.05) is 0 Å². The zero-order valence-electron chi connectivity index (χ0n) is 11.0. The number of aliphatic carboxylic acids is 1. The van der Waals surface area contributed by atoms with E-state index in [1.54, 1.807) is 0 Å². The third-order valence-electron chi connectivity index (χ3n) is 3.46. The lowest BCUT2D eigenvalue weighted by Crippen LogP contribution is -2.68. The van der Waals surface area contributed by atoms with Gasteiger partial charge in [-0.25, -0.2) is 0 Å². The van der Waals surface area contributed by atoms with Crippen molar-refractivity contribution in [3.8, 4) is 0 Å². The predicted molar refractivity (Wildman–Crippen MR) is 68.3 cm³/mol. The van der Waals surface area contributed by atoms with E-state index in [4.69, 9.17) is 5.11 Å². The molecule has 1 aliphatic heterocycles. The van der Waals surface area contributed by atoms with Gasteiger partial charge in [0.1, 0.15) is 0 Å². The number of carbonyl (C=O) groups is 1. The number of rotatable bonds is 9. The molecule has 0 unspecified atom stereocenters. The van der Waals surface area contributed by atoms with Crippen LogP contribution in [0.1, 0.15) is 26.7 Å². The molecule has 0 aromatic rings. The van der Waals surface area contributed by atoms with E-state index in [1.165, 1.54) is 0 Å². The van der Waals surface area contributed by atoms with Crippen molar-refractivity contribution in [2.24, 2.45) is 0 Å². The van der Waals surface area contributed by atoms with Crippen LogP contribution >= 0.6 is 0 Å². The van der Waals surface area contributed by atoms with Crippen molar-refractivity contribution >= 4 is 5.97 Å². The van der Waals surface area contributed by atoms with Crippen LogP contribution < -0.4 is 10.6 Å². The molecule has 1 aliphatic rings. The Balaban J connectivity index is 2.18. The van der Waals surface area contributed by atoms with E-state index in [2.05, 4.69) is 29.4 Å². The Morgan fingerprint density at radius 1 is 1.41 bits per heavy atom. The third-order valence-corrected chi connectivity index (χ3v) is 3.46. The van der Waals surface area contributed by atoms with Crippen LogP contribution in [0.4, 0.5) is 0 Å². The molecule has 17 heavy (non-hydrogen) atoms. The lowest BCUT2D eigenvalue weighted by molar-refractivity contribution is -0.139. The number of nitrogens with one attached hydrogen (secondary N) is 2. The second-order valence-corrected chi connectivity index (χ2v) is 4.76. The summed E-state index contributed by atoms with van der Waals surface area (Å²) in [4.78, 5) is 13.1. The molecule has 0 saturated carbocycles. The van der Waals surface area contributed by atoms with Crippen molar-refractivity contribution in [3.05, 3.63) is 0 Å². The van der Waals surface area contributed by atoms with Crippen molar-refractivity contribution in [2.45, 2.75) is 32.2 Å². The molecule has 0 bridgehead atoms. The van der Waals surface area contributed by atoms with Gasteiger partial charge in [0.2, 0.25) is 0 Å². The Kier molecular flexibility index (Phi) is 5.88. The SMILES string of the molecule is CCN(CC)CCCNC1(CC(=O)O)CNC1. The molecule has 5 heteroatoms. The Bertz CT molecular complexity index is 238. The van der Waals surface area contributed by atoms with Crippen molar-refractivity contribution in [3.63, 3.8) is 0 Å². The van der Waals surface area contributed by atoms with Crippen LogP contribution in [0.25, 0.3) is 0 Å². The number of nitrogens with zero attached hydrogens (tertiary/aromatic N) is 1. The first-order valence-corrected chi connectivity index (χ1v) is 6.52. The van der Waals surface area contributed by atoms with E-state index in [0.29, 0.717) is 0 Å². The Hall–Kier alpha value is -0.650. The summed E-state index contributed by atoms with van der Waals surface area (Å²) in [5.41, 5.74) is -0.199. The van der Waals surface area contributed by atoms with Crippen LogP contribution in [-0.2, 0) is 4.79 Å². The van der Waals surface area contributed by atoms with Gasteiger partial charge < -0.3 is 20.6 Å². The van der Waals surface area contributed by atoms with Crippen LogP contribution in [-0.4, -0.2) is 60.8 Å². The average Bonchev–Trinajstić information content (AvgIpc) is 2.25. The summed E-state index contributed by atoms with van der Waals surface area (Å²) in [5, 5.41) is 15.4. The minimum atomic E-state index is -0.720. The van der Waals surface area contributed by atoms with E-state index < -0.39 is 5.97 Å². The summed E-state index contributed by atoms with van der Waals surface area (Å²) in [5.74, 6) is -0.720. The minimum Gasteiger partial charge on any atom is -0.481 e. The van der Waals surface area contributed by atoms with Crippen LogP contribution in [0.5, 0.6) is 0 Å². The van der Waals surface area contributed by atoms with Crippen LogP contribution in [0.15, 0.2) is 0 Å². The highest BCUT2D eigenvalue weighted by Crippen LogP contribution is 2.15. The first kappa shape index (κ1) is 14.4. The van der Waals surface area contributed by atoms with Crippen molar-refractivity contribution < 1.29 is 9.90 Å². The monoisotopic (exact) mass is 243 g/mol. The smallest absolute Gasteiger partial charge is 0.305 e. The molecule has 0 aromatic carbocycles. The van der Waals surface area contributed by atoms with E-state index in [0.717, 1.165) is 45.7 Å². The maximum Gasteiger partial charge on any atom is 0.305 e. The molecule has 0 aromatic heterocycles. The predicted octanol–water partition coefficient (Wildman–Crippen LogP) is 0.125. The second kappa shape index (κ2) is 6.93. The molecule has 0 atom stereocenters. The standard InChI is InChI=1S/C12H25N3O2/c1-3-15(4-2)7-5-6-14-12(8-11(16)17)9-13-10-12/h13-14H,3-10H2,1-2H3,(H,16,17). The molecular weight excluding hydrogens is 218 g/mol. The summed E-state index contributed by atoms with van der Waals surface area (Å²) in [6.45, 7) is 10.0. The molecule has 1 saturated heterocycles. The Morgan fingerprint density at radius 2 is 2.06 bits per heavy atom. The summed E-state index contributed by atoms with van der Waals surface area (Å²) < 4.78 is 0. The van der Waals surface area contributed by atoms with E-state index >= 15 is 0 Å². The van der Waals surface area contributed by atoms with Gasteiger partial charge in [-0.05, 0) is 32.6 Å². The molecular formula is C12H25N3O2. The fraction of sp³-hybridized carbons (Fsp3) is 0.917. The number of carboxylic acids is 1. The molecule has 1 fully saturated rings. The van der Waals surface area contributed by atoms with Gasteiger partial charge in [0.15, 0.2) is 0 Å². The first-order valence-electron chi connectivity index (χ1n) is 6.52. The first-order chi connectivity index (χ1) is 8.12. The molecule has 0 amide bonds. The second-order valence-electron chi connectivity index (χ2n) is 4.76. The highest BCUT2D eigenvalue weighted by Gasteiger charge is 2.38. The molecule has 1 rings (SSSR count). The molecule has 1 heterocycles. The molecule has 0 aliphatic carbocycles. The zero-order chi connectivity index (χ0) is 12.7. The quantitative estimate of drug-likeness (QED) is 0.502. The van der Waals surface area contributed by atoms with Gasteiger partial charge in [-0.2, -0.15) is 0 Å². The lowest BCUT2D eigenvalue weighted by Gasteiger charge is -2.42. The number of carboxylic acid groups (broad SMARTS) is 1. The van der Waals surface area contributed by atoms with E-state index in [-0.39, 0.29) is 12.0 Å². The van der Waals surface area contributed by atoms with Gasteiger partial charge in [-0.15, -0.1) is 0 Å². The van der Waals surface area contributed by atoms with Gasteiger partial charge >= 0.3 is 5.97 Å². The molecule has 100 valence electrons.